The Bertz CT molecular complexity index is 614. The second-order valence-electron chi connectivity index (χ2n) is 4.71. The summed E-state index contributed by atoms with van der Waals surface area (Å²) >= 11 is 5.94. The molecule has 1 aromatic heterocycles. The smallest absolute Gasteiger partial charge is 0.308 e. The Kier molecular flexibility index (Phi) is 4.34. The van der Waals surface area contributed by atoms with Gasteiger partial charge in [-0.3, -0.25) is 4.79 Å². The molecule has 0 aliphatic heterocycles. The third-order valence-corrected chi connectivity index (χ3v) is 3.55. The number of aliphatic carboxylic acids is 1. The molecule has 0 saturated heterocycles. The van der Waals surface area contributed by atoms with Crippen LogP contribution in [0.2, 0.25) is 5.02 Å². The van der Waals surface area contributed by atoms with Crippen LogP contribution in [-0.4, -0.2) is 31.3 Å². The largest absolute Gasteiger partial charge is 0.481 e. The SMILES string of the molecule is CC(C(=O)O)C(C)n1nnnc1Cc1cccc(Cl)c1. The average molecular weight is 295 g/mol. The first-order valence-electron chi connectivity index (χ1n) is 6.23. The molecule has 0 amide bonds. The van der Waals surface area contributed by atoms with Gasteiger partial charge in [-0.15, -0.1) is 5.10 Å². The van der Waals surface area contributed by atoms with Gasteiger partial charge in [0.1, 0.15) is 0 Å². The van der Waals surface area contributed by atoms with Crippen LogP contribution in [0, 0.1) is 5.92 Å². The lowest BCUT2D eigenvalue weighted by Gasteiger charge is -2.17. The highest BCUT2D eigenvalue weighted by molar-refractivity contribution is 6.30. The fourth-order valence-electron chi connectivity index (χ4n) is 1.89. The minimum Gasteiger partial charge on any atom is -0.481 e. The first-order valence-corrected chi connectivity index (χ1v) is 6.61. The van der Waals surface area contributed by atoms with Crippen LogP contribution in [0.4, 0.5) is 0 Å². The Hall–Kier alpha value is -1.95. The molecule has 2 atom stereocenters. The van der Waals surface area contributed by atoms with E-state index in [1.807, 2.05) is 18.2 Å². The highest BCUT2D eigenvalue weighted by atomic mass is 35.5. The van der Waals surface area contributed by atoms with E-state index in [2.05, 4.69) is 15.5 Å². The Morgan fingerprint density at radius 3 is 2.85 bits per heavy atom. The highest BCUT2D eigenvalue weighted by Gasteiger charge is 2.24. The molecule has 1 aromatic carbocycles. The topological polar surface area (TPSA) is 80.9 Å². The van der Waals surface area contributed by atoms with Crippen LogP contribution < -0.4 is 0 Å². The fraction of sp³-hybridized carbons (Fsp3) is 0.385. The molecular weight excluding hydrogens is 280 g/mol. The summed E-state index contributed by atoms with van der Waals surface area (Å²) in [6, 6.07) is 7.09. The van der Waals surface area contributed by atoms with Crippen LogP contribution in [0.25, 0.3) is 0 Å². The van der Waals surface area contributed by atoms with Crippen molar-refractivity contribution in [3.63, 3.8) is 0 Å². The maximum Gasteiger partial charge on any atom is 0.308 e. The standard InChI is InChI=1S/C13H15ClN4O2/c1-8(13(19)20)9(2)18-12(15-16-17-18)7-10-4-3-5-11(14)6-10/h3-6,8-9H,7H2,1-2H3,(H,19,20). The molecule has 1 N–H and O–H groups in total. The zero-order chi connectivity index (χ0) is 14.7. The molecule has 0 bridgehead atoms. The summed E-state index contributed by atoms with van der Waals surface area (Å²) in [5.41, 5.74) is 0.976. The van der Waals surface area contributed by atoms with Crippen molar-refractivity contribution >= 4 is 17.6 Å². The van der Waals surface area contributed by atoms with Gasteiger partial charge in [0.15, 0.2) is 5.82 Å². The molecule has 0 aliphatic rings. The summed E-state index contributed by atoms with van der Waals surface area (Å²) in [6.07, 6.45) is 0.504. The number of hydrogen-bond donors (Lipinski definition) is 1. The first-order chi connectivity index (χ1) is 9.49. The average Bonchev–Trinajstić information content (AvgIpc) is 2.85. The number of carboxylic acids is 1. The van der Waals surface area contributed by atoms with Crippen molar-refractivity contribution in [1.82, 2.24) is 20.2 Å². The third-order valence-electron chi connectivity index (χ3n) is 3.31. The summed E-state index contributed by atoms with van der Waals surface area (Å²) < 4.78 is 1.56. The Labute approximate surface area is 121 Å². The summed E-state index contributed by atoms with van der Waals surface area (Å²) in [4.78, 5) is 11.1. The maximum atomic E-state index is 11.1. The van der Waals surface area contributed by atoms with Crippen molar-refractivity contribution in [2.24, 2.45) is 5.92 Å². The second-order valence-corrected chi connectivity index (χ2v) is 5.15. The number of carbonyl (C=O) groups is 1. The van der Waals surface area contributed by atoms with Gasteiger partial charge in [0.2, 0.25) is 0 Å². The lowest BCUT2D eigenvalue weighted by atomic mass is 10.0. The van der Waals surface area contributed by atoms with Gasteiger partial charge in [-0.2, -0.15) is 0 Å². The zero-order valence-electron chi connectivity index (χ0n) is 11.2. The number of carboxylic acid groups (broad SMARTS) is 1. The summed E-state index contributed by atoms with van der Waals surface area (Å²) in [5, 5.41) is 21.2. The quantitative estimate of drug-likeness (QED) is 0.914. The first kappa shape index (κ1) is 14.5. The predicted molar refractivity (Wildman–Crippen MR) is 73.6 cm³/mol. The summed E-state index contributed by atoms with van der Waals surface area (Å²) in [7, 11) is 0. The zero-order valence-corrected chi connectivity index (χ0v) is 11.9. The van der Waals surface area contributed by atoms with Crippen LogP contribution in [0.5, 0.6) is 0 Å². The maximum absolute atomic E-state index is 11.1. The fourth-order valence-corrected chi connectivity index (χ4v) is 2.11. The Balaban J connectivity index is 2.22. The number of aromatic nitrogens is 4. The Morgan fingerprint density at radius 1 is 1.45 bits per heavy atom. The molecule has 20 heavy (non-hydrogen) atoms. The van der Waals surface area contributed by atoms with E-state index in [-0.39, 0.29) is 6.04 Å². The van der Waals surface area contributed by atoms with Gasteiger partial charge in [0.05, 0.1) is 12.0 Å². The van der Waals surface area contributed by atoms with Crippen LogP contribution >= 0.6 is 11.6 Å². The van der Waals surface area contributed by atoms with Crippen LogP contribution in [-0.2, 0) is 11.2 Å². The van der Waals surface area contributed by atoms with E-state index in [0.717, 1.165) is 5.56 Å². The second kappa shape index (κ2) is 6.00. The van der Waals surface area contributed by atoms with Crippen molar-refractivity contribution in [3.05, 3.63) is 40.7 Å². The number of hydrogen-bond acceptors (Lipinski definition) is 4. The van der Waals surface area contributed by atoms with E-state index < -0.39 is 11.9 Å². The highest BCUT2D eigenvalue weighted by Crippen LogP contribution is 2.20. The lowest BCUT2D eigenvalue weighted by Crippen LogP contribution is -2.24. The van der Waals surface area contributed by atoms with Crippen molar-refractivity contribution in [3.8, 4) is 0 Å². The van der Waals surface area contributed by atoms with Crippen LogP contribution in [0.15, 0.2) is 24.3 Å². The molecule has 0 radical (unpaired) electrons. The molecule has 2 rings (SSSR count). The van der Waals surface area contributed by atoms with Crippen molar-refractivity contribution in [1.29, 1.82) is 0 Å². The predicted octanol–water partition coefficient (Wildman–Crippen LogP) is 2.20. The molecule has 2 aromatic rings. The molecule has 0 saturated carbocycles. The summed E-state index contributed by atoms with van der Waals surface area (Å²) in [6.45, 7) is 3.43. The number of halogens is 1. The van der Waals surface area contributed by atoms with Crippen molar-refractivity contribution in [2.75, 3.05) is 0 Å². The molecule has 6 nitrogen and oxygen atoms in total. The van der Waals surface area contributed by atoms with Crippen LogP contribution in [0.1, 0.15) is 31.3 Å². The van der Waals surface area contributed by atoms with Gasteiger partial charge < -0.3 is 5.11 Å². The van der Waals surface area contributed by atoms with E-state index in [1.165, 1.54) is 0 Å². The van der Waals surface area contributed by atoms with E-state index in [0.29, 0.717) is 17.3 Å². The van der Waals surface area contributed by atoms with Gasteiger partial charge in [0.25, 0.3) is 0 Å². The van der Waals surface area contributed by atoms with E-state index in [4.69, 9.17) is 16.7 Å². The number of tetrazole rings is 1. The molecule has 0 aliphatic carbocycles. The molecule has 1 heterocycles. The van der Waals surface area contributed by atoms with Crippen molar-refractivity contribution < 1.29 is 9.90 Å². The van der Waals surface area contributed by atoms with E-state index >= 15 is 0 Å². The number of benzene rings is 1. The lowest BCUT2D eigenvalue weighted by molar-refractivity contribution is -0.142. The van der Waals surface area contributed by atoms with Gasteiger partial charge >= 0.3 is 5.97 Å². The monoisotopic (exact) mass is 294 g/mol. The molecule has 106 valence electrons. The number of nitrogens with zero attached hydrogens (tertiary/aromatic N) is 4. The number of rotatable bonds is 5. The molecule has 0 spiro atoms. The minimum atomic E-state index is -0.873. The molecule has 7 heteroatoms. The minimum absolute atomic E-state index is 0.323. The van der Waals surface area contributed by atoms with Gasteiger partial charge in [-0.1, -0.05) is 23.7 Å². The molecular formula is C13H15ClN4O2. The normalized spacial score (nSPS) is 13.9. The molecule has 2 unspecified atom stereocenters. The van der Waals surface area contributed by atoms with E-state index in [1.54, 1.807) is 24.6 Å². The Morgan fingerprint density at radius 2 is 2.20 bits per heavy atom. The summed E-state index contributed by atoms with van der Waals surface area (Å²) in [5.74, 6) is -0.828. The van der Waals surface area contributed by atoms with Gasteiger partial charge in [0, 0.05) is 11.4 Å². The van der Waals surface area contributed by atoms with Gasteiger partial charge in [-0.05, 0) is 42.0 Å². The molecule has 0 fully saturated rings. The van der Waals surface area contributed by atoms with Crippen LogP contribution in [0.3, 0.4) is 0 Å². The van der Waals surface area contributed by atoms with Crippen molar-refractivity contribution in [2.45, 2.75) is 26.3 Å². The third kappa shape index (κ3) is 3.14. The van der Waals surface area contributed by atoms with E-state index in [9.17, 15) is 4.79 Å². The van der Waals surface area contributed by atoms with Gasteiger partial charge in [-0.25, -0.2) is 4.68 Å².